The van der Waals surface area contributed by atoms with E-state index in [2.05, 4.69) is 11.2 Å². The van der Waals surface area contributed by atoms with Gasteiger partial charge in [-0.25, -0.2) is 0 Å². The third kappa shape index (κ3) is 1.14. The second-order valence-electron chi connectivity index (χ2n) is 2.18. The molecule has 0 aromatic carbocycles. The van der Waals surface area contributed by atoms with Crippen LogP contribution in [0.5, 0.6) is 0 Å². The van der Waals surface area contributed by atoms with Gasteiger partial charge in [-0.15, -0.1) is 0 Å². The zero-order valence-corrected chi connectivity index (χ0v) is 5.97. The summed E-state index contributed by atoms with van der Waals surface area (Å²) in [6.07, 6.45) is 2.64. The summed E-state index contributed by atoms with van der Waals surface area (Å²) in [5, 5.41) is 8.49. The normalized spacial score (nSPS) is 8.90. The van der Waals surface area contributed by atoms with Crippen molar-refractivity contribution in [1.82, 2.24) is 4.98 Å². The van der Waals surface area contributed by atoms with E-state index < -0.39 is 0 Å². The molecule has 0 saturated heterocycles. The molecule has 1 radical (unpaired) electrons. The number of nitriles is 1. The minimum Gasteiger partial charge on any atom is -0.250 e. The second-order valence-corrected chi connectivity index (χ2v) is 2.18. The number of nitrogens with zero attached hydrogens (tertiary/aromatic N) is 2. The van der Waals surface area contributed by atoms with Gasteiger partial charge in [-0.3, -0.25) is 4.98 Å². The molecule has 0 fully saturated rings. The molecular formula is C8H7N2. The van der Waals surface area contributed by atoms with Crippen LogP contribution in [0.2, 0.25) is 0 Å². The average molecular weight is 131 g/mol. The van der Waals surface area contributed by atoms with Gasteiger partial charge in [-0.1, -0.05) is 0 Å². The van der Waals surface area contributed by atoms with E-state index in [1.807, 2.05) is 26.0 Å². The molecule has 0 amide bonds. The Balaban J connectivity index is 3.23. The molecule has 0 N–H and O–H groups in total. The van der Waals surface area contributed by atoms with Crippen molar-refractivity contribution in [3.63, 3.8) is 0 Å². The summed E-state index contributed by atoms with van der Waals surface area (Å²) >= 11 is 0. The molecule has 0 unspecified atom stereocenters. The largest absolute Gasteiger partial charge is 0.250 e. The highest BCUT2D eigenvalue weighted by molar-refractivity contribution is 5.34. The first-order valence-corrected chi connectivity index (χ1v) is 3.00. The summed E-state index contributed by atoms with van der Waals surface area (Å²) in [7, 11) is 0. The highest BCUT2D eigenvalue weighted by atomic mass is 14.7. The summed E-state index contributed by atoms with van der Waals surface area (Å²) < 4.78 is 0. The van der Waals surface area contributed by atoms with Gasteiger partial charge >= 0.3 is 0 Å². The van der Waals surface area contributed by atoms with Crippen molar-refractivity contribution in [3.05, 3.63) is 29.1 Å². The molecule has 1 rings (SSSR count). The predicted molar refractivity (Wildman–Crippen MR) is 37.3 cm³/mol. The minimum atomic E-state index is 0.533. The van der Waals surface area contributed by atoms with Crippen LogP contribution in [0.3, 0.4) is 0 Å². The monoisotopic (exact) mass is 131 g/mol. The Bertz CT molecular complexity index is 284. The van der Waals surface area contributed by atoms with Crippen molar-refractivity contribution in [2.75, 3.05) is 0 Å². The van der Waals surface area contributed by atoms with E-state index in [9.17, 15) is 0 Å². The molecule has 1 aromatic heterocycles. The molecule has 10 heavy (non-hydrogen) atoms. The molecular weight excluding hydrogens is 124 g/mol. The van der Waals surface area contributed by atoms with Gasteiger partial charge in [0.1, 0.15) is 12.3 Å². The third-order valence-electron chi connectivity index (χ3n) is 1.28. The molecule has 0 saturated carbocycles. The lowest BCUT2D eigenvalue weighted by molar-refractivity contribution is 1.15. The Labute approximate surface area is 60.1 Å². The Morgan fingerprint density at radius 1 is 1.60 bits per heavy atom. The van der Waals surface area contributed by atoms with Gasteiger partial charge in [0.15, 0.2) is 0 Å². The van der Waals surface area contributed by atoms with E-state index in [1.54, 1.807) is 0 Å². The van der Waals surface area contributed by atoms with E-state index >= 15 is 0 Å². The average Bonchev–Trinajstić information content (AvgIpc) is 1.88. The highest BCUT2D eigenvalue weighted by Gasteiger charge is 1.96. The first-order chi connectivity index (χ1) is 4.74. The number of pyridine rings is 1. The fourth-order valence-corrected chi connectivity index (χ4v) is 0.763. The van der Waals surface area contributed by atoms with Crippen molar-refractivity contribution < 1.29 is 0 Å². The lowest BCUT2D eigenvalue weighted by Crippen LogP contribution is -1.87. The number of hydrogen-bond donors (Lipinski definition) is 0. The second kappa shape index (κ2) is 2.49. The first kappa shape index (κ1) is 6.76. The van der Waals surface area contributed by atoms with Crippen molar-refractivity contribution in [2.45, 2.75) is 13.8 Å². The van der Waals surface area contributed by atoms with Crippen molar-refractivity contribution in [3.8, 4) is 6.07 Å². The standard InChI is InChI=1S/C8H7N2/c1-6-3-7(2)10-5-8(6)4-9/h3H,1-2H3. The molecule has 1 heterocycles. The first-order valence-electron chi connectivity index (χ1n) is 3.00. The van der Waals surface area contributed by atoms with E-state index in [0.717, 1.165) is 11.3 Å². The number of rotatable bonds is 0. The van der Waals surface area contributed by atoms with Crippen molar-refractivity contribution in [1.29, 1.82) is 5.26 Å². The maximum atomic E-state index is 8.49. The van der Waals surface area contributed by atoms with Crippen LogP contribution in [0.4, 0.5) is 0 Å². The van der Waals surface area contributed by atoms with Crippen LogP contribution < -0.4 is 0 Å². The lowest BCUT2D eigenvalue weighted by Gasteiger charge is -1.94. The number of aromatic nitrogens is 1. The smallest absolute Gasteiger partial charge is 0.108 e. The Morgan fingerprint density at radius 3 is 2.80 bits per heavy atom. The predicted octanol–water partition coefficient (Wildman–Crippen LogP) is 1.37. The van der Waals surface area contributed by atoms with E-state index in [4.69, 9.17) is 5.26 Å². The van der Waals surface area contributed by atoms with Crippen molar-refractivity contribution in [2.24, 2.45) is 0 Å². The number of aryl methyl sites for hydroxylation is 2. The van der Waals surface area contributed by atoms with Crippen LogP contribution in [0.1, 0.15) is 16.8 Å². The van der Waals surface area contributed by atoms with Crippen LogP contribution in [-0.2, 0) is 0 Å². The molecule has 0 atom stereocenters. The molecule has 0 bridgehead atoms. The van der Waals surface area contributed by atoms with E-state index in [1.165, 1.54) is 0 Å². The van der Waals surface area contributed by atoms with Gasteiger partial charge < -0.3 is 0 Å². The molecule has 0 aliphatic rings. The SMILES string of the molecule is Cc1cc(C)c(C#N)[c]n1. The van der Waals surface area contributed by atoms with E-state index in [-0.39, 0.29) is 0 Å². The minimum absolute atomic E-state index is 0.533. The van der Waals surface area contributed by atoms with Crippen molar-refractivity contribution >= 4 is 0 Å². The fourth-order valence-electron chi connectivity index (χ4n) is 0.763. The van der Waals surface area contributed by atoms with Gasteiger partial charge in [0, 0.05) is 5.69 Å². The van der Waals surface area contributed by atoms with Crippen LogP contribution >= 0.6 is 0 Å². The topological polar surface area (TPSA) is 36.7 Å². The summed E-state index contributed by atoms with van der Waals surface area (Å²) in [5.41, 5.74) is 2.37. The molecule has 0 aliphatic heterocycles. The quantitative estimate of drug-likeness (QED) is 0.533. The maximum absolute atomic E-state index is 8.49. The Kier molecular flexibility index (Phi) is 1.68. The van der Waals surface area contributed by atoms with Gasteiger partial charge in [0.05, 0.1) is 5.56 Å². The summed E-state index contributed by atoms with van der Waals surface area (Å²) in [6.45, 7) is 3.76. The Hall–Kier alpha value is -1.36. The zero-order valence-electron chi connectivity index (χ0n) is 5.97. The molecule has 0 spiro atoms. The molecule has 1 aromatic rings. The third-order valence-corrected chi connectivity index (χ3v) is 1.28. The molecule has 0 aliphatic carbocycles. The Morgan fingerprint density at radius 2 is 2.30 bits per heavy atom. The molecule has 2 nitrogen and oxygen atoms in total. The summed E-state index contributed by atoms with van der Waals surface area (Å²) in [6, 6.07) is 3.87. The van der Waals surface area contributed by atoms with Crippen LogP contribution in [-0.4, -0.2) is 4.98 Å². The molecule has 49 valence electrons. The fraction of sp³-hybridized carbons (Fsp3) is 0.250. The lowest BCUT2D eigenvalue weighted by atomic mass is 10.1. The zero-order chi connectivity index (χ0) is 7.56. The van der Waals surface area contributed by atoms with Crippen LogP contribution in [0, 0.1) is 31.4 Å². The van der Waals surface area contributed by atoms with Gasteiger partial charge in [-0.2, -0.15) is 5.26 Å². The number of hydrogen-bond acceptors (Lipinski definition) is 2. The highest BCUT2D eigenvalue weighted by Crippen LogP contribution is 2.04. The van der Waals surface area contributed by atoms with Gasteiger partial charge in [0.2, 0.25) is 0 Å². The summed E-state index contributed by atoms with van der Waals surface area (Å²) in [5.74, 6) is 0. The van der Waals surface area contributed by atoms with Gasteiger partial charge in [0.25, 0.3) is 0 Å². The van der Waals surface area contributed by atoms with Crippen LogP contribution in [0.25, 0.3) is 0 Å². The maximum Gasteiger partial charge on any atom is 0.108 e. The molecule has 2 heteroatoms. The van der Waals surface area contributed by atoms with Crippen LogP contribution in [0.15, 0.2) is 6.07 Å². The van der Waals surface area contributed by atoms with Gasteiger partial charge in [-0.05, 0) is 25.5 Å². The summed E-state index contributed by atoms with van der Waals surface area (Å²) in [4.78, 5) is 3.86. The van der Waals surface area contributed by atoms with E-state index in [0.29, 0.717) is 5.56 Å².